The van der Waals surface area contributed by atoms with Crippen molar-refractivity contribution in [3.05, 3.63) is 83.9 Å². The number of hydrogen-bond acceptors (Lipinski definition) is 5. The van der Waals surface area contributed by atoms with Crippen molar-refractivity contribution in [1.82, 2.24) is 0 Å². The summed E-state index contributed by atoms with van der Waals surface area (Å²) in [5.74, 6) is 0.0989. The van der Waals surface area contributed by atoms with Crippen LogP contribution in [-0.4, -0.2) is 24.4 Å². The number of esters is 1. The molecule has 0 saturated carbocycles. The molecule has 33 heavy (non-hydrogen) atoms. The second kappa shape index (κ2) is 12.3. The molecule has 0 aliphatic carbocycles. The number of hydrogen-bond donors (Lipinski definition) is 2. The number of ether oxygens (including phenoxy) is 2. The molecule has 0 aliphatic heterocycles. The van der Waals surface area contributed by atoms with E-state index in [0.29, 0.717) is 34.3 Å². The van der Waals surface area contributed by atoms with E-state index in [-0.39, 0.29) is 18.7 Å². The lowest BCUT2D eigenvalue weighted by atomic mass is 10.2. The van der Waals surface area contributed by atoms with Crippen molar-refractivity contribution in [2.24, 2.45) is 0 Å². The fraction of sp³-hybridized carbons (Fsp3) is 0.160. The van der Waals surface area contributed by atoms with Crippen LogP contribution >= 0.6 is 11.6 Å². The van der Waals surface area contributed by atoms with E-state index >= 15 is 0 Å². The van der Waals surface area contributed by atoms with Crippen LogP contribution in [-0.2, 0) is 19.1 Å². The number of amides is 2. The van der Waals surface area contributed by atoms with E-state index in [2.05, 4.69) is 10.6 Å². The third kappa shape index (κ3) is 8.66. The Bertz CT molecular complexity index is 1090. The van der Waals surface area contributed by atoms with E-state index in [9.17, 15) is 14.4 Å². The van der Waals surface area contributed by atoms with Crippen molar-refractivity contribution in [2.45, 2.75) is 19.3 Å². The lowest BCUT2D eigenvalue weighted by Gasteiger charge is -2.09. The monoisotopic (exact) mass is 466 g/mol. The van der Waals surface area contributed by atoms with Crippen LogP contribution in [0, 0.1) is 0 Å². The number of benzene rings is 3. The molecule has 8 heteroatoms. The fourth-order valence-corrected chi connectivity index (χ4v) is 3.02. The maximum atomic E-state index is 12.0. The Morgan fingerprint density at radius 3 is 2.15 bits per heavy atom. The van der Waals surface area contributed by atoms with Crippen LogP contribution in [0.4, 0.5) is 11.4 Å². The van der Waals surface area contributed by atoms with Crippen LogP contribution in [0.2, 0.25) is 5.02 Å². The number of anilines is 2. The van der Waals surface area contributed by atoms with Gasteiger partial charge in [0, 0.05) is 29.2 Å². The average molecular weight is 467 g/mol. The highest BCUT2D eigenvalue weighted by Gasteiger charge is 2.10. The molecule has 3 aromatic carbocycles. The minimum atomic E-state index is -0.549. The predicted molar refractivity (Wildman–Crippen MR) is 126 cm³/mol. The molecule has 0 radical (unpaired) electrons. The number of halogens is 1. The highest BCUT2D eigenvalue weighted by Crippen LogP contribution is 2.22. The second-order valence-corrected chi connectivity index (χ2v) is 7.50. The van der Waals surface area contributed by atoms with E-state index in [4.69, 9.17) is 21.1 Å². The Morgan fingerprint density at radius 2 is 1.42 bits per heavy atom. The summed E-state index contributed by atoms with van der Waals surface area (Å²) in [5, 5.41) is 5.87. The smallest absolute Gasteiger partial charge is 0.306 e. The minimum Gasteiger partial charge on any atom is -0.457 e. The van der Waals surface area contributed by atoms with E-state index in [1.54, 1.807) is 48.5 Å². The van der Waals surface area contributed by atoms with Gasteiger partial charge in [-0.2, -0.15) is 0 Å². The Morgan fingerprint density at radius 1 is 0.727 bits per heavy atom. The zero-order valence-electron chi connectivity index (χ0n) is 17.8. The highest BCUT2D eigenvalue weighted by atomic mass is 35.5. The van der Waals surface area contributed by atoms with Crippen molar-refractivity contribution < 1.29 is 23.9 Å². The van der Waals surface area contributed by atoms with E-state index in [0.717, 1.165) is 0 Å². The zero-order valence-corrected chi connectivity index (χ0v) is 18.5. The van der Waals surface area contributed by atoms with Crippen molar-refractivity contribution in [3.63, 3.8) is 0 Å². The molecule has 0 spiro atoms. The van der Waals surface area contributed by atoms with Gasteiger partial charge in [-0.3, -0.25) is 14.4 Å². The standard InChI is InChI=1S/C25H23ClN2O5/c26-18-6-4-7-20(16-18)28-23(29)10-5-11-25(31)32-17-24(30)27-19-12-14-22(15-13-19)33-21-8-2-1-3-9-21/h1-4,6-9,12-16H,5,10-11,17H2,(H,27,30)(H,28,29). The van der Waals surface area contributed by atoms with Crippen molar-refractivity contribution in [2.75, 3.05) is 17.2 Å². The van der Waals surface area contributed by atoms with Gasteiger partial charge in [-0.05, 0) is 61.0 Å². The predicted octanol–water partition coefficient (Wildman–Crippen LogP) is 5.42. The summed E-state index contributed by atoms with van der Waals surface area (Å²) >= 11 is 5.87. The molecule has 2 amide bonds. The first kappa shape index (κ1) is 23.8. The van der Waals surface area contributed by atoms with E-state index in [1.165, 1.54) is 0 Å². The number of nitrogens with one attached hydrogen (secondary N) is 2. The molecular formula is C25H23ClN2O5. The molecule has 3 rings (SSSR count). The molecular weight excluding hydrogens is 444 g/mol. The topological polar surface area (TPSA) is 93.7 Å². The average Bonchev–Trinajstić information content (AvgIpc) is 2.80. The SMILES string of the molecule is O=C(CCCC(=O)OCC(=O)Nc1ccc(Oc2ccccc2)cc1)Nc1cccc(Cl)c1. The minimum absolute atomic E-state index is 0.0295. The Hall–Kier alpha value is -3.84. The van der Waals surface area contributed by atoms with Crippen LogP contribution in [0.5, 0.6) is 11.5 Å². The highest BCUT2D eigenvalue weighted by molar-refractivity contribution is 6.30. The maximum absolute atomic E-state index is 12.0. The third-order valence-electron chi connectivity index (χ3n) is 4.37. The molecule has 0 bridgehead atoms. The first-order valence-corrected chi connectivity index (χ1v) is 10.7. The summed E-state index contributed by atoms with van der Waals surface area (Å²) in [6, 6.07) is 23.0. The van der Waals surface area contributed by atoms with Crippen molar-refractivity contribution in [3.8, 4) is 11.5 Å². The van der Waals surface area contributed by atoms with Crippen LogP contribution in [0.25, 0.3) is 0 Å². The van der Waals surface area contributed by atoms with E-state index in [1.807, 2.05) is 30.3 Å². The lowest BCUT2D eigenvalue weighted by Crippen LogP contribution is -2.21. The summed E-state index contributed by atoms with van der Waals surface area (Å²) in [4.78, 5) is 35.8. The third-order valence-corrected chi connectivity index (χ3v) is 4.61. The molecule has 0 atom stereocenters. The molecule has 7 nitrogen and oxygen atoms in total. The molecule has 0 aromatic heterocycles. The van der Waals surface area contributed by atoms with Crippen molar-refractivity contribution in [1.29, 1.82) is 0 Å². The Labute approximate surface area is 196 Å². The van der Waals surface area contributed by atoms with Crippen LogP contribution in [0.1, 0.15) is 19.3 Å². The zero-order chi connectivity index (χ0) is 23.5. The molecule has 170 valence electrons. The summed E-state index contributed by atoms with van der Waals surface area (Å²) < 4.78 is 10.7. The quantitative estimate of drug-likeness (QED) is 0.389. The van der Waals surface area contributed by atoms with Gasteiger partial charge in [0.25, 0.3) is 5.91 Å². The normalized spacial score (nSPS) is 10.2. The lowest BCUT2D eigenvalue weighted by molar-refractivity contribution is -0.147. The Kier molecular flexibility index (Phi) is 8.85. The van der Waals surface area contributed by atoms with Gasteiger partial charge in [-0.15, -0.1) is 0 Å². The summed E-state index contributed by atoms with van der Waals surface area (Å²) in [5.41, 5.74) is 1.14. The molecule has 0 unspecified atom stereocenters. The molecule has 3 aromatic rings. The second-order valence-electron chi connectivity index (χ2n) is 7.06. The number of para-hydroxylation sites is 1. The largest absolute Gasteiger partial charge is 0.457 e. The summed E-state index contributed by atoms with van der Waals surface area (Å²) in [6.07, 6.45) is 0.475. The summed E-state index contributed by atoms with van der Waals surface area (Å²) in [6.45, 7) is -0.407. The van der Waals surface area contributed by atoms with Gasteiger partial charge in [-0.25, -0.2) is 0 Å². The first-order valence-electron chi connectivity index (χ1n) is 10.3. The maximum Gasteiger partial charge on any atom is 0.306 e. The van der Waals surface area contributed by atoms with Crippen LogP contribution < -0.4 is 15.4 Å². The van der Waals surface area contributed by atoms with Gasteiger partial charge in [0.15, 0.2) is 6.61 Å². The number of carbonyl (C=O) groups is 3. The van der Waals surface area contributed by atoms with Gasteiger partial charge < -0.3 is 20.1 Å². The molecule has 0 fully saturated rings. The summed E-state index contributed by atoms with van der Waals surface area (Å²) in [7, 11) is 0. The molecule has 0 saturated heterocycles. The van der Waals surface area contributed by atoms with Gasteiger partial charge in [0.2, 0.25) is 5.91 Å². The number of rotatable bonds is 10. The number of carbonyl (C=O) groups excluding carboxylic acids is 3. The Balaban J connectivity index is 1.32. The first-order chi connectivity index (χ1) is 16.0. The fourth-order valence-electron chi connectivity index (χ4n) is 2.83. The van der Waals surface area contributed by atoms with Gasteiger partial charge in [0.05, 0.1) is 0 Å². The molecule has 2 N–H and O–H groups in total. The van der Waals surface area contributed by atoms with Gasteiger partial charge in [-0.1, -0.05) is 35.9 Å². The van der Waals surface area contributed by atoms with E-state index < -0.39 is 18.5 Å². The van der Waals surface area contributed by atoms with Crippen LogP contribution in [0.15, 0.2) is 78.9 Å². The van der Waals surface area contributed by atoms with Crippen molar-refractivity contribution >= 4 is 40.8 Å². The van der Waals surface area contributed by atoms with Gasteiger partial charge >= 0.3 is 5.97 Å². The molecule has 0 heterocycles. The molecule has 0 aliphatic rings. The van der Waals surface area contributed by atoms with Gasteiger partial charge in [0.1, 0.15) is 11.5 Å². The van der Waals surface area contributed by atoms with Crippen LogP contribution in [0.3, 0.4) is 0 Å².